The van der Waals surface area contributed by atoms with Crippen LogP contribution in [0.3, 0.4) is 0 Å². The Morgan fingerprint density at radius 1 is 1.36 bits per heavy atom. The fraction of sp³-hybridized carbons (Fsp3) is 0.444. The first kappa shape index (κ1) is 15.2. The molecular weight excluding hydrogens is 292 g/mol. The molecule has 1 amide bonds. The Morgan fingerprint density at radius 3 is 2.68 bits per heavy atom. The molecule has 1 aromatic heterocycles. The van der Waals surface area contributed by atoms with Crippen LogP contribution < -0.4 is 0 Å². The van der Waals surface area contributed by atoms with Gasteiger partial charge in [-0.25, -0.2) is 4.98 Å². The maximum atomic E-state index is 12.7. The van der Waals surface area contributed by atoms with Gasteiger partial charge in [-0.2, -0.15) is 0 Å². The standard InChI is InChI=1S/C18H22N2OS/c1-4-14-5-7-15(8-6-14)17-19-13(3)16(22-17)18(21)20-10-9-12(2)11-20/h5-8,12H,4,9-11H2,1-3H3. The predicted octanol–water partition coefficient (Wildman–Crippen LogP) is 4.16. The fourth-order valence-corrected chi connectivity index (χ4v) is 3.90. The average Bonchev–Trinajstić information content (AvgIpc) is 3.13. The molecule has 3 nitrogen and oxygen atoms in total. The van der Waals surface area contributed by atoms with E-state index in [2.05, 4.69) is 43.1 Å². The number of hydrogen-bond acceptors (Lipinski definition) is 3. The number of hydrogen-bond donors (Lipinski definition) is 0. The zero-order valence-corrected chi connectivity index (χ0v) is 14.2. The van der Waals surface area contributed by atoms with Gasteiger partial charge in [-0.1, -0.05) is 38.1 Å². The molecule has 2 aromatic rings. The van der Waals surface area contributed by atoms with Crippen molar-refractivity contribution in [2.45, 2.75) is 33.6 Å². The molecular formula is C18H22N2OS. The summed E-state index contributed by atoms with van der Waals surface area (Å²) in [6.07, 6.45) is 2.14. The van der Waals surface area contributed by atoms with Gasteiger partial charge >= 0.3 is 0 Å². The van der Waals surface area contributed by atoms with Crippen LogP contribution in [0.15, 0.2) is 24.3 Å². The third kappa shape index (κ3) is 2.93. The highest BCUT2D eigenvalue weighted by atomic mass is 32.1. The zero-order valence-electron chi connectivity index (χ0n) is 13.4. The van der Waals surface area contributed by atoms with Crippen LogP contribution in [0.25, 0.3) is 10.6 Å². The normalized spacial score (nSPS) is 18.0. The van der Waals surface area contributed by atoms with Crippen LogP contribution in [0.4, 0.5) is 0 Å². The second-order valence-corrected chi connectivity index (χ2v) is 7.13. The van der Waals surface area contributed by atoms with Crippen molar-refractivity contribution < 1.29 is 4.79 Å². The average molecular weight is 314 g/mol. The number of amides is 1. The summed E-state index contributed by atoms with van der Waals surface area (Å²) in [5.74, 6) is 0.758. The van der Waals surface area contributed by atoms with E-state index in [-0.39, 0.29) is 5.91 Å². The third-order valence-corrected chi connectivity index (χ3v) is 5.51. The summed E-state index contributed by atoms with van der Waals surface area (Å²) in [6, 6.07) is 8.47. The van der Waals surface area contributed by atoms with Gasteiger partial charge in [0.2, 0.25) is 0 Å². The molecule has 0 spiro atoms. The number of carbonyl (C=O) groups excluding carboxylic acids is 1. The van der Waals surface area contributed by atoms with E-state index in [0.717, 1.165) is 47.1 Å². The predicted molar refractivity (Wildman–Crippen MR) is 91.3 cm³/mol. The Morgan fingerprint density at radius 2 is 2.09 bits per heavy atom. The number of benzene rings is 1. The van der Waals surface area contributed by atoms with E-state index in [1.165, 1.54) is 16.9 Å². The first-order valence-corrected chi connectivity index (χ1v) is 8.76. The number of likely N-dealkylation sites (tertiary alicyclic amines) is 1. The largest absolute Gasteiger partial charge is 0.338 e. The van der Waals surface area contributed by atoms with Gasteiger partial charge in [0.25, 0.3) is 5.91 Å². The maximum Gasteiger partial charge on any atom is 0.265 e. The molecule has 3 rings (SSSR count). The first-order valence-electron chi connectivity index (χ1n) is 7.94. The highest BCUT2D eigenvalue weighted by Gasteiger charge is 2.27. The zero-order chi connectivity index (χ0) is 15.7. The highest BCUT2D eigenvalue weighted by molar-refractivity contribution is 7.17. The molecule has 0 bridgehead atoms. The lowest BCUT2D eigenvalue weighted by molar-refractivity contribution is 0.0792. The third-order valence-electron chi connectivity index (χ3n) is 4.31. The van der Waals surface area contributed by atoms with Crippen molar-refractivity contribution in [2.75, 3.05) is 13.1 Å². The van der Waals surface area contributed by atoms with Gasteiger partial charge < -0.3 is 4.90 Å². The van der Waals surface area contributed by atoms with Crippen molar-refractivity contribution in [1.82, 2.24) is 9.88 Å². The summed E-state index contributed by atoms with van der Waals surface area (Å²) >= 11 is 1.52. The molecule has 1 saturated heterocycles. The molecule has 1 aliphatic heterocycles. The van der Waals surface area contributed by atoms with E-state index in [1.54, 1.807) is 0 Å². The van der Waals surface area contributed by atoms with Crippen LogP contribution >= 0.6 is 11.3 Å². The van der Waals surface area contributed by atoms with E-state index in [1.807, 2.05) is 11.8 Å². The van der Waals surface area contributed by atoms with E-state index < -0.39 is 0 Å². The number of carbonyl (C=O) groups is 1. The SMILES string of the molecule is CCc1ccc(-c2nc(C)c(C(=O)N3CCC(C)C3)s2)cc1. The van der Waals surface area contributed by atoms with Crippen molar-refractivity contribution >= 4 is 17.2 Å². The molecule has 2 heterocycles. The lowest BCUT2D eigenvalue weighted by atomic mass is 10.1. The second kappa shape index (κ2) is 6.21. The van der Waals surface area contributed by atoms with Crippen LogP contribution in [0.2, 0.25) is 0 Å². The molecule has 1 unspecified atom stereocenters. The number of rotatable bonds is 3. The van der Waals surface area contributed by atoms with Crippen LogP contribution in [0.5, 0.6) is 0 Å². The van der Waals surface area contributed by atoms with Crippen LogP contribution in [-0.4, -0.2) is 28.9 Å². The minimum Gasteiger partial charge on any atom is -0.338 e. The van der Waals surface area contributed by atoms with Crippen molar-refractivity contribution in [3.05, 3.63) is 40.4 Å². The molecule has 1 atom stereocenters. The van der Waals surface area contributed by atoms with Gasteiger partial charge in [0.15, 0.2) is 0 Å². The summed E-state index contributed by atoms with van der Waals surface area (Å²) in [4.78, 5) is 20.0. The minimum absolute atomic E-state index is 0.149. The number of aryl methyl sites for hydroxylation is 2. The fourth-order valence-electron chi connectivity index (χ4n) is 2.86. The molecule has 22 heavy (non-hydrogen) atoms. The van der Waals surface area contributed by atoms with Crippen LogP contribution in [0.1, 0.15) is 41.2 Å². The van der Waals surface area contributed by atoms with Gasteiger partial charge in [-0.05, 0) is 31.2 Å². The second-order valence-electron chi connectivity index (χ2n) is 6.13. The quantitative estimate of drug-likeness (QED) is 0.852. The van der Waals surface area contributed by atoms with Crippen LogP contribution in [0, 0.1) is 12.8 Å². The van der Waals surface area contributed by atoms with Gasteiger partial charge in [-0.3, -0.25) is 4.79 Å². The summed E-state index contributed by atoms with van der Waals surface area (Å²) in [5, 5.41) is 0.941. The lowest BCUT2D eigenvalue weighted by Gasteiger charge is -2.14. The van der Waals surface area contributed by atoms with E-state index in [9.17, 15) is 4.79 Å². The molecule has 1 aliphatic rings. The van der Waals surface area contributed by atoms with E-state index >= 15 is 0 Å². The van der Waals surface area contributed by atoms with Gasteiger partial charge in [-0.15, -0.1) is 11.3 Å². The Balaban J connectivity index is 1.85. The highest BCUT2D eigenvalue weighted by Crippen LogP contribution is 2.30. The lowest BCUT2D eigenvalue weighted by Crippen LogP contribution is -2.28. The van der Waals surface area contributed by atoms with Crippen LogP contribution in [-0.2, 0) is 6.42 Å². The molecule has 0 saturated carbocycles. The van der Waals surface area contributed by atoms with E-state index in [4.69, 9.17) is 0 Å². The molecule has 0 radical (unpaired) electrons. The molecule has 4 heteroatoms. The summed E-state index contributed by atoms with van der Waals surface area (Å²) in [6.45, 7) is 8.03. The smallest absolute Gasteiger partial charge is 0.265 e. The molecule has 0 aliphatic carbocycles. The first-order chi connectivity index (χ1) is 10.6. The Hall–Kier alpha value is -1.68. The topological polar surface area (TPSA) is 33.2 Å². The Bertz CT molecular complexity index is 675. The monoisotopic (exact) mass is 314 g/mol. The van der Waals surface area contributed by atoms with Gasteiger partial charge in [0, 0.05) is 18.7 Å². The summed E-state index contributed by atoms with van der Waals surface area (Å²) in [7, 11) is 0. The van der Waals surface area contributed by atoms with Gasteiger partial charge in [0.1, 0.15) is 9.88 Å². The summed E-state index contributed by atoms with van der Waals surface area (Å²) < 4.78 is 0. The molecule has 1 aromatic carbocycles. The van der Waals surface area contributed by atoms with E-state index in [0.29, 0.717) is 5.92 Å². The number of thiazole rings is 1. The molecule has 0 N–H and O–H groups in total. The Kier molecular flexibility index (Phi) is 4.30. The maximum absolute atomic E-state index is 12.7. The summed E-state index contributed by atoms with van der Waals surface area (Å²) in [5.41, 5.74) is 3.27. The molecule has 1 fully saturated rings. The molecule has 116 valence electrons. The van der Waals surface area contributed by atoms with Crippen molar-refractivity contribution in [3.8, 4) is 10.6 Å². The number of aromatic nitrogens is 1. The van der Waals surface area contributed by atoms with Crippen molar-refractivity contribution in [3.63, 3.8) is 0 Å². The van der Waals surface area contributed by atoms with Crippen molar-refractivity contribution in [1.29, 1.82) is 0 Å². The van der Waals surface area contributed by atoms with Crippen molar-refractivity contribution in [2.24, 2.45) is 5.92 Å². The number of nitrogens with zero attached hydrogens (tertiary/aromatic N) is 2. The minimum atomic E-state index is 0.149. The Labute approximate surface area is 136 Å². The van der Waals surface area contributed by atoms with Gasteiger partial charge in [0.05, 0.1) is 5.69 Å².